The van der Waals surface area contributed by atoms with Gasteiger partial charge in [0, 0.05) is 43.8 Å². The molecule has 3 aliphatic rings. The largest absolute Gasteiger partial charge is 0.378 e. The second kappa shape index (κ2) is 8.93. The third kappa shape index (κ3) is 4.64. The molecule has 0 amide bonds. The summed E-state index contributed by atoms with van der Waals surface area (Å²) >= 11 is 0. The van der Waals surface area contributed by atoms with Gasteiger partial charge in [-0.15, -0.1) is 0 Å². The van der Waals surface area contributed by atoms with Crippen molar-refractivity contribution in [2.45, 2.75) is 25.7 Å². The topological polar surface area (TPSA) is 87.9 Å². The number of rotatable bonds is 5. The predicted octanol–water partition coefficient (Wildman–Crippen LogP) is 2.74. The molecule has 1 aliphatic carbocycles. The lowest BCUT2D eigenvalue weighted by Crippen LogP contribution is -2.37. The molecule has 4 heterocycles. The second-order valence-electron chi connectivity index (χ2n) is 8.05. The van der Waals surface area contributed by atoms with Crippen LogP contribution in [-0.2, 0) is 11.2 Å². The summed E-state index contributed by atoms with van der Waals surface area (Å²) in [4.78, 5) is 25.2. The van der Waals surface area contributed by atoms with Gasteiger partial charge in [-0.2, -0.15) is 4.98 Å². The van der Waals surface area contributed by atoms with E-state index in [0.717, 1.165) is 55.8 Å². The number of hydrogen-bond donors (Lipinski definition) is 1. The Balaban J connectivity index is 1.37. The van der Waals surface area contributed by atoms with Gasteiger partial charge in [0.05, 0.1) is 31.4 Å². The van der Waals surface area contributed by atoms with Gasteiger partial charge in [0.15, 0.2) is 0 Å². The zero-order chi connectivity index (χ0) is 21.0. The molecule has 0 radical (unpaired) electrons. The molecule has 160 valence electrons. The van der Waals surface area contributed by atoms with Gasteiger partial charge in [0.2, 0.25) is 5.95 Å². The normalized spacial score (nSPS) is 20.7. The molecular weight excluding hydrogens is 390 g/mol. The maximum Gasteiger partial charge on any atom is 0.227 e. The van der Waals surface area contributed by atoms with Crippen LogP contribution in [0.2, 0.25) is 0 Å². The summed E-state index contributed by atoms with van der Waals surface area (Å²) in [6.07, 6.45) is 8.05. The van der Waals surface area contributed by atoms with Gasteiger partial charge < -0.3 is 15.0 Å². The number of morpholine rings is 1. The first kappa shape index (κ1) is 19.8. The third-order valence-electron chi connectivity index (χ3n) is 5.83. The number of anilines is 2. The van der Waals surface area contributed by atoms with E-state index < -0.39 is 0 Å². The summed E-state index contributed by atoms with van der Waals surface area (Å²) in [6.45, 7) is 6.34. The highest BCUT2D eigenvalue weighted by Gasteiger charge is 2.20. The fraction of sp³-hybridized carbons (Fsp3) is 0.435. The van der Waals surface area contributed by atoms with Crippen LogP contribution in [0.3, 0.4) is 0 Å². The molecule has 31 heavy (non-hydrogen) atoms. The highest BCUT2D eigenvalue weighted by Crippen LogP contribution is 2.25. The van der Waals surface area contributed by atoms with Crippen LogP contribution in [0.1, 0.15) is 36.2 Å². The lowest BCUT2D eigenvalue weighted by Gasteiger charge is -2.28. The lowest BCUT2D eigenvalue weighted by atomic mass is 9.96. The number of fused-ring (bicyclic) bond motifs is 1. The van der Waals surface area contributed by atoms with Gasteiger partial charge in [0.1, 0.15) is 11.7 Å². The lowest BCUT2D eigenvalue weighted by molar-refractivity contribution is 0.122. The van der Waals surface area contributed by atoms with E-state index in [1.54, 1.807) is 0 Å². The average molecular weight is 418 g/mol. The van der Waals surface area contributed by atoms with Crippen molar-refractivity contribution < 1.29 is 4.74 Å². The van der Waals surface area contributed by atoms with E-state index >= 15 is 0 Å². The van der Waals surface area contributed by atoms with E-state index in [2.05, 4.69) is 37.3 Å². The molecule has 8 heteroatoms. The van der Waals surface area contributed by atoms with Crippen molar-refractivity contribution in [2.75, 3.05) is 49.6 Å². The fourth-order valence-corrected chi connectivity index (χ4v) is 4.03. The minimum Gasteiger partial charge on any atom is -0.378 e. The predicted molar refractivity (Wildman–Crippen MR) is 123 cm³/mol. The van der Waals surface area contributed by atoms with E-state index in [0.29, 0.717) is 19.8 Å². The molecule has 1 unspecified atom stereocenters. The molecule has 8 nitrogen and oxygen atoms in total. The number of aliphatic imine (C=N–C) groups is 2. The van der Waals surface area contributed by atoms with Crippen LogP contribution in [0.4, 0.5) is 11.8 Å². The van der Waals surface area contributed by atoms with Crippen molar-refractivity contribution in [1.82, 2.24) is 15.0 Å². The summed E-state index contributed by atoms with van der Waals surface area (Å²) in [5.41, 5.74) is 4.70. The molecule has 2 aromatic rings. The Labute approximate surface area is 182 Å². The molecule has 2 aromatic heterocycles. The van der Waals surface area contributed by atoms with Gasteiger partial charge in [-0.3, -0.25) is 9.98 Å². The van der Waals surface area contributed by atoms with Gasteiger partial charge in [-0.25, -0.2) is 9.98 Å². The number of amidine groups is 1. The first-order chi connectivity index (χ1) is 15.2. The quantitative estimate of drug-likeness (QED) is 0.805. The summed E-state index contributed by atoms with van der Waals surface area (Å²) in [6, 6.07) is 6.16. The molecule has 1 atom stereocenters. The number of hydrogen-bond acceptors (Lipinski definition) is 8. The van der Waals surface area contributed by atoms with Crippen molar-refractivity contribution in [3.63, 3.8) is 0 Å². The average Bonchev–Trinajstić information content (AvgIpc) is 2.83. The van der Waals surface area contributed by atoms with Gasteiger partial charge >= 0.3 is 0 Å². The van der Waals surface area contributed by atoms with Gasteiger partial charge in [-0.05, 0) is 31.4 Å². The Hall–Kier alpha value is -3.13. The molecule has 2 aliphatic heterocycles. The number of aromatic nitrogens is 3. The van der Waals surface area contributed by atoms with Crippen molar-refractivity contribution in [3.8, 4) is 0 Å². The van der Waals surface area contributed by atoms with Crippen LogP contribution < -0.4 is 10.2 Å². The van der Waals surface area contributed by atoms with Crippen molar-refractivity contribution >= 4 is 29.9 Å². The number of ether oxygens (including phenoxy) is 1. The Morgan fingerprint density at radius 1 is 1.19 bits per heavy atom. The standard InChI is InChI=1S/C23H27N7O/c1-16-25-14-19(15-26-16)21-12-22(29-23(28-21)30-7-9-31-10-8-30)27-13-17-4-5-20-18(11-17)3-2-6-24-20/h2-3,6,11-12,14,19H,4-5,7-10,13,15H2,1H3,(H,27,28,29). The Kier molecular flexibility index (Phi) is 5.71. The van der Waals surface area contributed by atoms with Crippen LogP contribution >= 0.6 is 0 Å². The van der Waals surface area contributed by atoms with E-state index in [1.807, 2.05) is 31.5 Å². The third-order valence-corrected chi connectivity index (χ3v) is 5.83. The number of aryl methyl sites for hydroxylation is 1. The Bertz CT molecular complexity index is 1040. The summed E-state index contributed by atoms with van der Waals surface area (Å²) in [7, 11) is 0. The van der Waals surface area contributed by atoms with Crippen LogP contribution in [0.15, 0.2) is 40.0 Å². The smallest absolute Gasteiger partial charge is 0.227 e. The number of pyridine rings is 1. The van der Waals surface area contributed by atoms with Crippen LogP contribution in [0, 0.1) is 0 Å². The maximum atomic E-state index is 5.50. The summed E-state index contributed by atoms with van der Waals surface area (Å²) < 4.78 is 5.50. The molecule has 0 spiro atoms. The van der Waals surface area contributed by atoms with Crippen molar-refractivity contribution in [2.24, 2.45) is 9.98 Å². The van der Waals surface area contributed by atoms with Crippen LogP contribution in [-0.4, -0.2) is 66.4 Å². The Morgan fingerprint density at radius 3 is 2.94 bits per heavy atom. The summed E-state index contributed by atoms with van der Waals surface area (Å²) in [5, 5.41) is 3.53. The summed E-state index contributed by atoms with van der Waals surface area (Å²) in [5.74, 6) is 2.47. The van der Waals surface area contributed by atoms with E-state index in [-0.39, 0.29) is 5.92 Å². The number of nitrogens with one attached hydrogen (secondary N) is 1. The maximum absolute atomic E-state index is 5.50. The van der Waals surface area contributed by atoms with Gasteiger partial charge in [0.25, 0.3) is 0 Å². The Morgan fingerprint density at radius 2 is 2.10 bits per heavy atom. The minimum atomic E-state index is 0.0684. The zero-order valence-electron chi connectivity index (χ0n) is 17.8. The SMILES string of the molecule is CC1=NCC(c2cc(NCC3=Cc4cccnc4CC3)nc(N3CCOCC3)n2)C=N1. The molecule has 1 fully saturated rings. The van der Waals surface area contributed by atoms with E-state index in [4.69, 9.17) is 14.7 Å². The van der Waals surface area contributed by atoms with Crippen molar-refractivity contribution in [3.05, 3.63) is 46.9 Å². The van der Waals surface area contributed by atoms with Crippen LogP contribution in [0.25, 0.3) is 6.08 Å². The van der Waals surface area contributed by atoms with Crippen LogP contribution in [0.5, 0.6) is 0 Å². The first-order valence-corrected chi connectivity index (χ1v) is 10.9. The number of nitrogens with zero attached hydrogens (tertiary/aromatic N) is 6. The molecule has 0 aromatic carbocycles. The molecule has 1 saturated heterocycles. The molecule has 0 bridgehead atoms. The monoisotopic (exact) mass is 417 g/mol. The fourth-order valence-electron chi connectivity index (χ4n) is 4.03. The van der Waals surface area contributed by atoms with E-state index in [9.17, 15) is 0 Å². The molecule has 1 N–H and O–H groups in total. The van der Waals surface area contributed by atoms with Gasteiger partial charge in [-0.1, -0.05) is 17.7 Å². The highest BCUT2D eigenvalue weighted by atomic mass is 16.5. The second-order valence-corrected chi connectivity index (χ2v) is 8.05. The molecule has 0 saturated carbocycles. The van der Waals surface area contributed by atoms with E-state index in [1.165, 1.54) is 16.8 Å². The zero-order valence-corrected chi connectivity index (χ0v) is 17.8. The highest BCUT2D eigenvalue weighted by molar-refractivity contribution is 5.91. The van der Waals surface area contributed by atoms with Crippen molar-refractivity contribution in [1.29, 1.82) is 0 Å². The molecule has 5 rings (SSSR count). The minimum absolute atomic E-state index is 0.0684. The molecular formula is C23H27N7O. The first-order valence-electron chi connectivity index (χ1n) is 10.9.